The molecular formula is C12H14BrClO2. The van der Waals surface area contributed by atoms with E-state index in [0.717, 1.165) is 22.0 Å². The van der Waals surface area contributed by atoms with E-state index < -0.39 is 0 Å². The summed E-state index contributed by atoms with van der Waals surface area (Å²) in [6.07, 6.45) is 0.278. The molecule has 0 fully saturated rings. The Morgan fingerprint density at radius 3 is 2.62 bits per heavy atom. The van der Waals surface area contributed by atoms with Gasteiger partial charge in [0.1, 0.15) is 0 Å². The average Bonchev–Trinajstić information content (AvgIpc) is 2.23. The Morgan fingerprint density at radius 2 is 2.06 bits per heavy atom. The van der Waals surface area contributed by atoms with Crippen LogP contribution in [0.1, 0.15) is 23.6 Å². The lowest BCUT2D eigenvalue weighted by atomic mass is 10.0. The lowest BCUT2D eigenvalue weighted by Gasteiger charge is -2.10. The predicted octanol–water partition coefficient (Wildman–Crippen LogP) is 3.65. The van der Waals surface area contributed by atoms with Crippen LogP contribution in [-0.4, -0.2) is 12.6 Å². The van der Waals surface area contributed by atoms with Crippen molar-refractivity contribution in [2.45, 2.75) is 25.6 Å². The molecule has 0 aliphatic rings. The predicted molar refractivity (Wildman–Crippen MR) is 69.2 cm³/mol. The van der Waals surface area contributed by atoms with Gasteiger partial charge in [-0.05, 0) is 42.7 Å². The van der Waals surface area contributed by atoms with E-state index in [1.165, 1.54) is 0 Å². The third kappa shape index (κ3) is 3.49. The Kier molecular flexibility index (Phi) is 5.29. The average molecular weight is 306 g/mol. The number of rotatable bonds is 4. The second-order valence-corrected chi connectivity index (χ2v) is 4.46. The molecule has 0 atom stereocenters. The van der Waals surface area contributed by atoms with Crippen molar-refractivity contribution in [3.8, 4) is 0 Å². The summed E-state index contributed by atoms with van der Waals surface area (Å²) >= 11 is 9.39. The standard InChI is InChI=1S/C12H14BrClO2/c1-3-16-12(15)6-9-4-11(14)5-10(7-13)8(9)2/h4-5H,3,6-7H2,1-2H3. The number of alkyl halides is 1. The minimum absolute atomic E-state index is 0.214. The molecule has 0 spiro atoms. The molecule has 4 heteroatoms. The summed E-state index contributed by atoms with van der Waals surface area (Å²) in [7, 11) is 0. The van der Waals surface area contributed by atoms with Crippen LogP contribution < -0.4 is 0 Å². The van der Waals surface area contributed by atoms with Crippen molar-refractivity contribution in [2.75, 3.05) is 6.61 Å². The minimum Gasteiger partial charge on any atom is -0.466 e. The van der Waals surface area contributed by atoms with E-state index in [9.17, 15) is 4.79 Å². The fourth-order valence-corrected chi connectivity index (χ4v) is 2.33. The summed E-state index contributed by atoms with van der Waals surface area (Å²) < 4.78 is 4.92. The van der Waals surface area contributed by atoms with E-state index in [-0.39, 0.29) is 12.4 Å². The number of hydrogen-bond donors (Lipinski definition) is 0. The zero-order valence-electron chi connectivity index (χ0n) is 9.35. The highest BCUT2D eigenvalue weighted by Gasteiger charge is 2.10. The number of esters is 1. The molecule has 0 N–H and O–H groups in total. The molecule has 0 saturated carbocycles. The molecule has 88 valence electrons. The highest BCUT2D eigenvalue weighted by Crippen LogP contribution is 2.23. The van der Waals surface area contributed by atoms with Gasteiger partial charge in [0.25, 0.3) is 0 Å². The maximum absolute atomic E-state index is 11.4. The largest absolute Gasteiger partial charge is 0.466 e. The summed E-state index contributed by atoms with van der Waals surface area (Å²) in [6, 6.07) is 3.72. The molecule has 0 saturated heterocycles. The molecule has 0 aliphatic carbocycles. The first-order valence-electron chi connectivity index (χ1n) is 5.08. The summed E-state index contributed by atoms with van der Waals surface area (Å²) in [5.41, 5.74) is 3.13. The highest BCUT2D eigenvalue weighted by molar-refractivity contribution is 9.08. The molecule has 0 heterocycles. The maximum atomic E-state index is 11.4. The molecule has 0 radical (unpaired) electrons. The van der Waals surface area contributed by atoms with Gasteiger partial charge in [-0.2, -0.15) is 0 Å². The summed E-state index contributed by atoms with van der Waals surface area (Å²) in [6.45, 7) is 4.19. The molecule has 0 aliphatic heterocycles. The van der Waals surface area contributed by atoms with Crippen molar-refractivity contribution in [1.82, 2.24) is 0 Å². The van der Waals surface area contributed by atoms with Crippen LogP contribution in [0, 0.1) is 6.92 Å². The number of ether oxygens (including phenoxy) is 1. The van der Waals surface area contributed by atoms with Crippen molar-refractivity contribution in [3.63, 3.8) is 0 Å². The molecule has 1 aromatic rings. The van der Waals surface area contributed by atoms with Gasteiger partial charge >= 0.3 is 5.97 Å². The zero-order chi connectivity index (χ0) is 12.1. The summed E-state index contributed by atoms with van der Waals surface area (Å²) in [5.74, 6) is -0.214. The Morgan fingerprint density at radius 1 is 1.44 bits per heavy atom. The molecule has 2 nitrogen and oxygen atoms in total. The Balaban J connectivity index is 2.95. The van der Waals surface area contributed by atoms with Gasteiger partial charge in [0.05, 0.1) is 13.0 Å². The number of carbonyl (C=O) groups is 1. The van der Waals surface area contributed by atoms with Crippen LogP contribution in [0.5, 0.6) is 0 Å². The first-order valence-corrected chi connectivity index (χ1v) is 6.58. The minimum atomic E-state index is -0.214. The maximum Gasteiger partial charge on any atom is 0.310 e. The van der Waals surface area contributed by atoms with Gasteiger partial charge in [-0.25, -0.2) is 0 Å². The SMILES string of the molecule is CCOC(=O)Cc1cc(Cl)cc(CBr)c1C. The molecule has 16 heavy (non-hydrogen) atoms. The van der Waals surface area contributed by atoms with Crippen LogP contribution in [0.2, 0.25) is 5.02 Å². The van der Waals surface area contributed by atoms with Crippen molar-refractivity contribution in [1.29, 1.82) is 0 Å². The zero-order valence-corrected chi connectivity index (χ0v) is 11.7. The summed E-state index contributed by atoms with van der Waals surface area (Å²) in [5, 5.41) is 1.38. The van der Waals surface area contributed by atoms with Crippen molar-refractivity contribution in [3.05, 3.63) is 33.8 Å². The molecular weight excluding hydrogens is 291 g/mol. The lowest BCUT2D eigenvalue weighted by Crippen LogP contribution is -2.09. The number of hydrogen-bond acceptors (Lipinski definition) is 2. The van der Waals surface area contributed by atoms with Gasteiger partial charge in [0, 0.05) is 10.4 Å². The van der Waals surface area contributed by atoms with E-state index in [0.29, 0.717) is 11.6 Å². The second kappa shape index (κ2) is 6.26. The number of halogens is 2. The Bertz CT molecular complexity index is 391. The number of benzene rings is 1. The second-order valence-electron chi connectivity index (χ2n) is 3.46. The summed E-state index contributed by atoms with van der Waals surface area (Å²) in [4.78, 5) is 11.4. The van der Waals surface area contributed by atoms with Gasteiger partial charge in [-0.3, -0.25) is 4.79 Å². The number of carbonyl (C=O) groups excluding carboxylic acids is 1. The third-order valence-corrected chi connectivity index (χ3v) is 3.19. The molecule has 1 rings (SSSR count). The normalized spacial score (nSPS) is 10.2. The first-order chi connectivity index (χ1) is 7.58. The highest BCUT2D eigenvalue weighted by atomic mass is 79.9. The van der Waals surface area contributed by atoms with E-state index in [4.69, 9.17) is 16.3 Å². The third-order valence-electron chi connectivity index (χ3n) is 2.37. The monoisotopic (exact) mass is 304 g/mol. The van der Waals surface area contributed by atoms with Crippen LogP contribution >= 0.6 is 27.5 Å². The van der Waals surface area contributed by atoms with Gasteiger partial charge in [0.2, 0.25) is 0 Å². The topological polar surface area (TPSA) is 26.3 Å². The van der Waals surface area contributed by atoms with E-state index in [1.54, 1.807) is 6.92 Å². The van der Waals surface area contributed by atoms with Crippen molar-refractivity contribution < 1.29 is 9.53 Å². The van der Waals surface area contributed by atoms with Crippen molar-refractivity contribution >= 4 is 33.5 Å². The fraction of sp³-hybridized carbons (Fsp3) is 0.417. The first kappa shape index (κ1) is 13.5. The van der Waals surface area contributed by atoms with Gasteiger partial charge in [-0.15, -0.1) is 0 Å². The molecule has 0 unspecified atom stereocenters. The van der Waals surface area contributed by atoms with Gasteiger partial charge < -0.3 is 4.74 Å². The molecule has 0 amide bonds. The van der Waals surface area contributed by atoms with E-state index in [2.05, 4.69) is 15.9 Å². The van der Waals surface area contributed by atoms with Crippen molar-refractivity contribution in [2.24, 2.45) is 0 Å². The quantitative estimate of drug-likeness (QED) is 0.627. The Labute approximate surface area is 109 Å². The lowest BCUT2D eigenvalue weighted by molar-refractivity contribution is -0.142. The fourth-order valence-electron chi connectivity index (χ4n) is 1.49. The van der Waals surface area contributed by atoms with Gasteiger partial charge in [0.15, 0.2) is 0 Å². The van der Waals surface area contributed by atoms with Crippen LogP contribution in [0.15, 0.2) is 12.1 Å². The molecule has 0 bridgehead atoms. The smallest absolute Gasteiger partial charge is 0.310 e. The van der Waals surface area contributed by atoms with Crippen LogP contribution in [0.4, 0.5) is 0 Å². The molecule has 1 aromatic carbocycles. The molecule has 0 aromatic heterocycles. The Hall–Kier alpha value is -0.540. The van der Waals surface area contributed by atoms with Crippen LogP contribution in [0.3, 0.4) is 0 Å². The van der Waals surface area contributed by atoms with E-state index in [1.807, 2.05) is 19.1 Å². The van der Waals surface area contributed by atoms with E-state index >= 15 is 0 Å². The van der Waals surface area contributed by atoms with Gasteiger partial charge in [-0.1, -0.05) is 27.5 Å². The van der Waals surface area contributed by atoms with Crippen LogP contribution in [-0.2, 0) is 21.3 Å². The van der Waals surface area contributed by atoms with Crippen LogP contribution in [0.25, 0.3) is 0 Å².